The lowest BCUT2D eigenvalue weighted by atomic mass is 9.97. The number of amides is 1. The molecule has 8 heteroatoms. The SMILES string of the molecule is O=C(c1ccccc1-c1ccccc1)N1C[C@H]2C[C@@H](Nc3cnc(C(F)(F)F)cn3)[C@@H]1C2. The van der Waals surface area contributed by atoms with E-state index in [1.54, 1.807) is 0 Å². The predicted molar refractivity (Wildman–Crippen MR) is 114 cm³/mol. The Morgan fingerprint density at radius 3 is 2.41 bits per heavy atom. The van der Waals surface area contributed by atoms with E-state index in [-0.39, 0.29) is 23.8 Å². The monoisotopic (exact) mass is 438 g/mol. The Morgan fingerprint density at radius 1 is 0.969 bits per heavy atom. The van der Waals surface area contributed by atoms with Gasteiger partial charge in [0.25, 0.3) is 5.91 Å². The largest absolute Gasteiger partial charge is 0.434 e. The van der Waals surface area contributed by atoms with E-state index in [2.05, 4.69) is 15.3 Å². The molecule has 164 valence electrons. The number of hydrogen-bond acceptors (Lipinski definition) is 4. The lowest BCUT2D eigenvalue weighted by Crippen LogP contribution is -2.47. The number of rotatable bonds is 4. The average molecular weight is 438 g/mol. The van der Waals surface area contributed by atoms with Crippen LogP contribution in [0.5, 0.6) is 0 Å². The van der Waals surface area contributed by atoms with Crippen LogP contribution in [0.3, 0.4) is 0 Å². The van der Waals surface area contributed by atoms with Crippen LogP contribution in [0.25, 0.3) is 11.1 Å². The van der Waals surface area contributed by atoms with Crippen LogP contribution >= 0.6 is 0 Å². The zero-order chi connectivity index (χ0) is 22.3. The van der Waals surface area contributed by atoms with Crippen molar-refractivity contribution in [1.82, 2.24) is 14.9 Å². The topological polar surface area (TPSA) is 58.1 Å². The molecule has 5 nitrogen and oxygen atoms in total. The van der Waals surface area contributed by atoms with Gasteiger partial charge in [-0.3, -0.25) is 4.79 Å². The van der Waals surface area contributed by atoms with Gasteiger partial charge >= 0.3 is 6.18 Å². The Morgan fingerprint density at radius 2 is 1.72 bits per heavy atom. The summed E-state index contributed by atoms with van der Waals surface area (Å²) in [6.45, 7) is 0.684. The van der Waals surface area contributed by atoms with Crippen LogP contribution in [0.1, 0.15) is 28.9 Å². The van der Waals surface area contributed by atoms with Crippen LogP contribution < -0.4 is 5.32 Å². The number of hydrogen-bond donors (Lipinski definition) is 1. The van der Waals surface area contributed by atoms with Gasteiger partial charge in [0.2, 0.25) is 0 Å². The number of carbonyl (C=O) groups excluding carboxylic acids is 1. The highest BCUT2D eigenvalue weighted by atomic mass is 19.4. The molecule has 1 N–H and O–H groups in total. The van der Waals surface area contributed by atoms with Crippen LogP contribution in [0, 0.1) is 5.92 Å². The number of carbonyl (C=O) groups is 1. The van der Waals surface area contributed by atoms with E-state index in [4.69, 9.17) is 0 Å². The average Bonchev–Trinajstić information content (AvgIpc) is 3.40. The van der Waals surface area contributed by atoms with Crippen molar-refractivity contribution in [3.8, 4) is 11.1 Å². The standard InChI is InChI=1S/C24H21F3N4O/c25-24(26,27)21-12-29-22(13-28-21)30-19-10-15-11-20(19)31(14-15)23(32)18-9-5-4-8-17(18)16-6-2-1-3-7-16/h1-9,12-13,15,19-20H,10-11,14H2,(H,29,30)/t15-,19+,20-/m0/s1. The third kappa shape index (κ3) is 3.81. The second-order valence-corrected chi connectivity index (χ2v) is 8.31. The van der Waals surface area contributed by atoms with Gasteiger partial charge in [-0.25, -0.2) is 9.97 Å². The smallest absolute Gasteiger partial charge is 0.364 e. The van der Waals surface area contributed by atoms with E-state index < -0.39 is 11.9 Å². The second-order valence-electron chi connectivity index (χ2n) is 8.31. The molecule has 1 saturated heterocycles. The molecule has 0 radical (unpaired) electrons. The van der Waals surface area contributed by atoms with Crippen molar-refractivity contribution in [3.05, 3.63) is 78.2 Å². The Hall–Kier alpha value is -3.42. The van der Waals surface area contributed by atoms with Crippen LogP contribution in [0.15, 0.2) is 67.0 Å². The molecule has 5 rings (SSSR count). The van der Waals surface area contributed by atoms with Gasteiger partial charge in [0, 0.05) is 18.2 Å². The normalized spacial score (nSPS) is 22.2. The first kappa shape index (κ1) is 20.5. The number of fused-ring (bicyclic) bond motifs is 2. The summed E-state index contributed by atoms with van der Waals surface area (Å²) in [4.78, 5) is 22.8. The molecule has 1 aliphatic heterocycles. The van der Waals surface area contributed by atoms with Gasteiger partial charge in [-0.15, -0.1) is 0 Å². The van der Waals surface area contributed by atoms with E-state index in [1.165, 1.54) is 0 Å². The summed E-state index contributed by atoms with van der Waals surface area (Å²) in [6.07, 6.45) is -0.976. The number of alkyl halides is 3. The molecular weight excluding hydrogens is 417 g/mol. The van der Waals surface area contributed by atoms with Gasteiger partial charge in [0.1, 0.15) is 5.82 Å². The molecule has 3 aromatic rings. The molecule has 0 spiro atoms. The van der Waals surface area contributed by atoms with E-state index >= 15 is 0 Å². The zero-order valence-corrected chi connectivity index (χ0v) is 17.1. The minimum Gasteiger partial charge on any atom is -0.364 e. The van der Waals surface area contributed by atoms with Crippen molar-refractivity contribution >= 4 is 11.7 Å². The maximum Gasteiger partial charge on any atom is 0.434 e. The highest BCUT2D eigenvalue weighted by Crippen LogP contribution is 2.40. The molecule has 2 heterocycles. The minimum absolute atomic E-state index is 0.0260. The summed E-state index contributed by atoms with van der Waals surface area (Å²) in [5, 5.41) is 3.20. The molecule has 1 saturated carbocycles. The van der Waals surface area contributed by atoms with Crippen molar-refractivity contribution in [3.63, 3.8) is 0 Å². The Bertz CT molecular complexity index is 1120. The first-order chi connectivity index (χ1) is 15.4. The number of halogens is 3. The first-order valence-corrected chi connectivity index (χ1v) is 10.5. The summed E-state index contributed by atoms with van der Waals surface area (Å²) < 4.78 is 38.2. The third-order valence-corrected chi connectivity index (χ3v) is 6.26. The van der Waals surface area contributed by atoms with E-state index in [0.29, 0.717) is 18.0 Å². The molecule has 3 atom stereocenters. The number of benzene rings is 2. The van der Waals surface area contributed by atoms with Gasteiger partial charge < -0.3 is 10.2 Å². The fourth-order valence-corrected chi connectivity index (χ4v) is 4.85. The number of nitrogens with one attached hydrogen (secondary N) is 1. The molecule has 0 unspecified atom stereocenters. The van der Waals surface area contributed by atoms with E-state index in [0.717, 1.165) is 36.4 Å². The Labute approximate surface area is 183 Å². The van der Waals surface area contributed by atoms with Crippen molar-refractivity contribution in [2.24, 2.45) is 5.92 Å². The van der Waals surface area contributed by atoms with Crippen molar-refractivity contribution in [2.75, 3.05) is 11.9 Å². The molecule has 1 aromatic heterocycles. The summed E-state index contributed by atoms with van der Waals surface area (Å²) in [5.74, 6) is 0.613. The van der Waals surface area contributed by atoms with Gasteiger partial charge in [0.15, 0.2) is 5.69 Å². The number of piperidine rings is 1. The lowest BCUT2D eigenvalue weighted by molar-refractivity contribution is -0.141. The number of anilines is 1. The summed E-state index contributed by atoms with van der Waals surface area (Å²) in [7, 11) is 0. The molecule has 32 heavy (non-hydrogen) atoms. The number of nitrogens with zero attached hydrogens (tertiary/aromatic N) is 3. The minimum atomic E-state index is -4.52. The second kappa shape index (κ2) is 7.93. The maximum absolute atomic E-state index is 13.5. The van der Waals surface area contributed by atoms with Crippen molar-refractivity contribution in [2.45, 2.75) is 31.1 Å². The van der Waals surface area contributed by atoms with Gasteiger partial charge in [0.05, 0.1) is 18.4 Å². The Balaban J connectivity index is 1.35. The van der Waals surface area contributed by atoms with E-state index in [1.807, 2.05) is 59.5 Å². The molecule has 2 bridgehead atoms. The van der Waals surface area contributed by atoms with Crippen molar-refractivity contribution < 1.29 is 18.0 Å². The highest BCUT2D eigenvalue weighted by Gasteiger charge is 2.47. The summed E-state index contributed by atoms with van der Waals surface area (Å²) in [6, 6.07) is 17.3. The predicted octanol–water partition coefficient (Wildman–Crippen LogP) is 4.88. The van der Waals surface area contributed by atoms with Crippen LogP contribution in [0.4, 0.5) is 19.0 Å². The van der Waals surface area contributed by atoms with E-state index in [9.17, 15) is 18.0 Å². The first-order valence-electron chi connectivity index (χ1n) is 10.5. The molecule has 1 aliphatic carbocycles. The molecular formula is C24H21F3N4O. The molecule has 1 amide bonds. The third-order valence-electron chi connectivity index (χ3n) is 6.26. The van der Waals surface area contributed by atoms with Crippen LogP contribution in [-0.2, 0) is 6.18 Å². The van der Waals surface area contributed by atoms with Gasteiger partial charge in [-0.2, -0.15) is 13.2 Å². The summed E-state index contributed by atoms with van der Waals surface area (Å²) in [5.41, 5.74) is 1.50. The number of aromatic nitrogens is 2. The molecule has 2 aromatic carbocycles. The lowest BCUT2D eigenvalue weighted by Gasteiger charge is -2.34. The van der Waals surface area contributed by atoms with Crippen LogP contribution in [0.2, 0.25) is 0 Å². The van der Waals surface area contributed by atoms with Gasteiger partial charge in [-0.1, -0.05) is 48.5 Å². The van der Waals surface area contributed by atoms with Crippen molar-refractivity contribution in [1.29, 1.82) is 0 Å². The fourth-order valence-electron chi connectivity index (χ4n) is 4.85. The quantitative estimate of drug-likeness (QED) is 0.631. The highest BCUT2D eigenvalue weighted by molar-refractivity contribution is 6.01. The fraction of sp³-hybridized carbons (Fsp3) is 0.292. The molecule has 2 fully saturated rings. The maximum atomic E-state index is 13.5. The zero-order valence-electron chi connectivity index (χ0n) is 17.1. The summed E-state index contributed by atoms with van der Waals surface area (Å²) >= 11 is 0. The van der Waals surface area contributed by atoms with Gasteiger partial charge in [-0.05, 0) is 36.0 Å². The Kier molecular flexibility index (Phi) is 5.07. The molecule has 2 aliphatic rings. The number of likely N-dealkylation sites (tertiary alicyclic amines) is 1. The van der Waals surface area contributed by atoms with Crippen LogP contribution in [-0.4, -0.2) is 39.4 Å².